The highest BCUT2D eigenvalue weighted by molar-refractivity contribution is 4.95. The normalized spacial score (nSPS) is 32.1. The number of nitrogens with zero attached hydrogens (tertiary/aromatic N) is 2. The summed E-state index contributed by atoms with van der Waals surface area (Å²) < 4.78 is 0. The molecule has 0 bridgehead atoms. The van der Waals surface area contributed by atoms with Crippen LogP contribution in [-0.2, 0) is 0 Å². The van der Waals surface area contributed by atoms with E-state index >= 15 is 0 Å². The van der Waals surface area contributed by atoms with Crippen molar-refractivity contribution in [3.8, 4) is 0 Å². The van der Waals surface area contributed by atoms with Crippen LogP contribution < -0.4 is 5.73 Å². The topological polar surface area (TPSA) is 32.5 Å². The molecule has 0 amide bonds. The van der Waals surface area contributed by atoms with Crippen LogP contribution in [0.3, 0.4) is 0 Å². The van der Waals surface area contributed by atoms with Crippen molar-refractivity contribution >= 4 is 0 Å². The third-order valence-electron chi connectivity index (χ3n) is 4.92. The predicted octanol–water partition coefficient (Wildman–Crippen LogP) is 1.53. The maximum absolute atomic E-state index is 6.11. The van der Waals surface area contributed by atoms with E-state index in [1.165, 1.54) is 45.3 Å². The van der Waals surface area contributed by atoms with Gasteiger partial charge in [0.25, 0.3) is 0 Å². The van der Waals surface area contributed by atoms with Crippen LogP contribution in [0.15, 0.2) is 0 Å². The van der Waals surface area contributed by atoms with Crippen molar-refractivity contribution in [1.29, 1.82) is 0 Å². The van der Waals surface area contributed by atoms with E-state index in [1.54, 1.807) is 0 Å². The zero-order valence-corrected chi connectivity index (χ0v) is 11.8. The minimum Gasteiger partial charge on any atom is -0.329 e. The second kappa shape index (κ2) is 5.25. The van der Waals surface area contributed by atoms with Gasteiger partial charge in [-0.05, 0) is 33.2 Å². The molecule has 2 N–H and O–H groups in total. The molecule has 0 spiro atoms. The number of nitrogens with two attached hydrogens (primary N) is 1. The van der Waals surface area contributed by atoms with Crippen LogP contribution in [0, 0.1) is 5.92 Å². The van der Waals surface area contributed by atoms with E-state index in [4.69, 9.17) is 5.73 Å². The second-order valence-corrected chi connectivity index (χ2v) is 6.51. The lowest BCUT2D eigenvalue weighted by Crippen LogP contribution is -2.62. The van der Waals surface area contributed by atoms with E-state index in [-0.39, 0.29) is 5.54 Å². The molecule has 2 unspecified atom stereocenters. The Morgan fingerprint density at radius 1 is 1.29 bits per heavy atom. The summed E-state index contributed by atoms with van der Waals surface area (Å²) in [5.41, 5.74) is 6.33. The van der Waals surface area contributed by atoms with Crippen molar-refractivity contribution in [2.75, 3.05) is 33.2 Å². The molecule has 1 aliphatic heterocycles. The van der Waals surface area contributed by atoms with E-state index in [1.807, 2.05) is 0 Å². The average molecular weight is 239 g/mol. The molecule has 1 heterocycles. The highest BCUT2D eigenvalue weighted by atomic mass is 15.3. The van der Waals surface area contributed by atoms with E-state index in [9.17, 15) is 0 Å². The van der Waals surface area contributed by atoms with Gasteiger partial charge in [0, 0.05) is 37.8 Å². The second-order valence-electron chi connectivity index (χ2n) is 6.51. The van der Waals surface area contributed by atoms with Crippen LogP contribution in [0.1, 0.15) is 39.5 Å². The van der Waals surface area contributed by atoms with Gasteiger partial charge in [0.2, 0.25) is 0 Å². The number of piperazine rings is 1. The molecular weight excluding hydrogens is 210 g/mol. The van der Waals surface area contributed by atoms with Crippen molar-refractivity contribution in [3.63, 3.8) is 0 Å². The van der Waals surface area contributed by atoms with Crippen molar-refractivity contribution in [2.24, 2.45) is 11.7 Å². The van der Waals surface area contributed by atoms with Gasteiger partial charge in [0.1, 0.15) is 0 Å². The van der Waals surface area contributed by atoms with Gasteiger partial charge in [-0.15, -0.1) is 0 Å². The Balaban J connectivity index is 1.99. The Morgan fingerprint density at radius 2 is 2.00 bits per heavy atom. The standard InChI is InChI=1S/C14H29N3/c1-12-10-16(3)7-8-17(12)14(2,11-15)9-13-5-4-6-13/h12-13H,4-11,15H2,1-3H3. The Morgan fingerprint density at radius 3 is 2.47 bits per heavy atom. The highest BCUT2D eigenvalue weighted by Gasteiger charge is 2.38. The van der Waals surface area contributed by atoms with Crippen LogP contribution in [0.2, 0.25) is 0 Å². The first-order valence-electron chi connectivity index (χ1n) is 7.20. The maximum Gasteiger partial charge on any atom is 0.0310 e. The molecule has 2 rings (SSSR count). The van der Waals surface area contributed by atoms with E-state index < -0.39 is 0 Å². The summed E-state index contributed by atoms with van der Waals surface area (Å²) in [6, 6.07) is 0.641. The summed E-state index contributed by atoms with van der Waals surface area (Å²) in [5, 5.41) is 0. The van der Waals surface area contributed by atoms with Crippen LogP contribution >= 0.6 is 0 Å². The molecule has 0 aromatic carbocycles. The van der Waals surface area contributed by atoms with Gasteiger partial charge in [-0.1, -0.05) is 19.3 Å². The van der Waals surface area contributed by atoms with Crippen LogP contribution in [-0.4, -0.2) is 54.6 Å². The molecule has 1 saturated carbocycles. The summed E-state index contributed by atoms with van der Waals surface area (Å²) in [7, 11) is 2.22. The van der Waals surface area contributed by atoms with Crippen molar-refractivity contribution in [1.82, 2.24) is 9.80 Å². The SMILES string of the molecule is CC1CN(C)CCN1C(C)(CN)CC1CCC1. The molecule has 3 heteroatoms. The first-order chi connectivity index (χ1) is 8.05. The lowest BCUT2D eigenvalue weighted by Gasteiger charge is -2.50. The number of hydrogen-bond acceptors (Lipinski definition) is 3. The monoisotopic (exact) mass is 239 g/mol. The summed E-state index contributed by atoms with van der Waals surface area (Å²) >= 11 is 0. The Kier molecular flexibility index (Phi) is 4.11. The summed E-state index contributed by atoms with van der Waals surface area (Å²) in [5.74, 6) is 0.940. The molecule has 2 aliphatic rings. The van der Waals surface area contributed by atoms with Gasteiger partial charge in [-0.25, -0.2) is 0 Å². The fraction of sp³-hybridized carbons (Fsp3) is 1.00. The van der Waals surface area contributed by atoms with E-state index in [0.717, 1.165) is 12.5 Å². The fourth-order valence-electron chi connectivity index (χ4n) is 3.58. The Hall–Kier alpha value is -0.120. The molecule has 2 fully saturated rings. The molecule has 17 heavy (non-hydrogen) atoms. The van der Waals surface area contributed by atoms with Crippen LogP contribution in [0.4, 0.5) is 0 Å². The molecule has 0 aromatic rings. The van der Waals surface area contributed by atoms with Gasteiger partial charge in [-0.3, -0.25) is 4.90 Å². The molecule has 2 atom stereocenters. The molecule has 0 radical (unpaired) electrons. The molecule has 0 aromatic heterocycles. The third kappa shape index (κ3) is 2.83. The first-order valence-corrected chi connectivity index (χ1v) is 7.20. The summed E-state index contributed by atoms with van der Waals surface area (Å²) in [6.45, 7) is 9.08. The minimum atomic E-state index is 0.228. The molecule has 1 aliphatic carbocycles. The van der Waals surface area contributed by atoms with Gasteiger partial charge in [0.05, 0.1) is 0 Å². The Bertz CT molecular complexity index is 252. The third-order valence-corrected chi connectivity index (χ3v) is 4.92. The molecule has 100 valence electrons. The quantitative estimate of drug-likeness (QED) is 0.807. The highest BCUT2D eigenvalue weighted by Crippen LogP contribution is 2.36. The number of likely N-dealkylation sites (N-methyl/N-ethyl adjacent to an activating group) is 1. The van der Waals surface area contributed by atoms with Gasteiger partial charge < -0.3 is 10.6 Å². The fourth-order valence-corrected chi connectivity index (χ4v) is 3.58. The molecule has 3 nitrogen and oxygen atoms in total. The van der Waals surface area contributed by atoms with Crippen molar-refractivity contribution in [3.05, 3.63) is 0 Å². The smallest absolute Gasteiger partial charge is 0.0310 e. The zero-order valence-electron chi connectivity index (χ0n) is 11.8. The Labute approximate surface area is 106 Å². The maximum atomic E-state index is 6.11. The van der Waals surface area contributed by atoms with E-state index in [2.05, 4.69) is 30.7 Å². The van der Waals surface area contributed by atoms with Gasteiger partial charge in [-0.2, -0.15) is 0 Å². The van der Waals surface area contributed by atoms with Crippen LogP contribution in [0.5, 0.6) is 0 Å². The zero-order chi connectivity index (χ0) is 12.5. The van der Waals surface area contributed by atoms with Gasteiger partial charge in [0.15, 0.2) is 0 Å². The largest absolute Gasteiger partial charge is 0.329 e. The number of hydrogen-bond donors (Lipinski definition) is 1. The lowest BCUT2D eigenvalue weighted by molar-refractivity contribution is -0.00690. The minimum absolute atomic E-state index is 0.228. The predicted molar refractivity (Wildman–Crippen MR) is 73.1 cm³/mol. The lowest BCUT2D eigenvalue weighted by atomic mass is 9.75. The summed E-state index contributed by atoms with van der Waals surface area (Å²) in [6.07, 6.45) is 5.59. The van der Waals surface area contributed by atoms with E-state index in [0.29, 0.717) is 6.04 Å². The molecular formula is C14H29N3. The summed E-state index contributed by atoms with van der Waals surface area (Å²) in [4.78, 5) is 5.10. The molecule has 1 saturated heterocycles. The van der Waals surface area contributed by atoms with Crippen molar-refractivity contribution < 1.29 is 0 Å². The van der Waals surface area contributed by atoms with Gasteiger partial charge >= 0.3 is 0 Å². The average Bonchev–Trinajstić information content (AvgIpc) is 2.23. The number of rotatable bonds is 4. The van der Waals surface area contributed by atoms with Crippen LogP contribution in [0.25, 0.3) is 0 Å². The first kappa shape index (κ1) is 13.3. The van der Waals surface area contributed by atoms with Crippen molar-refractivity contribution in [2.45, 2.75) is 51.1 Å².